The number of amides is 4. The fourth-order valence-corrected chi connectivity index (χ4v) is 9.27. The van der Waals surface area contributed by atoms with E-state index >= 15 is 0 Å². The van der Waals surface area contributed by atoms with Crippen molar-refractivity contribution in [2.75, 3.05) is 70.0 Å². The first-order valence-corrected chi connectivity index (χ1v) is 18.4. The summed E-state index contributed by atoms with van der Waals surface area (Å²) in [6, 6.07) is 6.30. The summed E-state index contributed by atoms with van der Waals surface area (Å²) >= 11 is 8.02. The van der Waals surface area contributed by atoms with Crippen molar-refractivity contribution in [1.82, 2.24) is 24.5 Å². The van der Waals surface area contributed by atoms with E-state index in [1.807, 2.05) is 34.2 Å². The van der Waals surface area contributed by atoms with Crippen molar-refractivity contribution in [2.45, 2.75) is 70.2 Å². The van der Waals surface area contributed by atoms with Crippen LogP contribution in [0.4, 0.5) is 20.3 Å². The quantitative estimate of drug-likeness (QED) is 0.418. The third-order valence-corrected chi connectivity index (χ3v) is 12.2. The van der Waals surface area contributed by atoms with Crippen molar-refractivity contribution >= 4 is 51.7 Å². The Bertz CT molecular complexity index is 1480. The molecule has 7 heterocycles. The highest BCUT2D eigenvalue weighted by Gasteiger charge is 2.40. The van der Waals surface area contributed by atoms with Crippen LogP contribution in [0.25, 0.3) is 0 Å². The molecule has 8 rings (SSSR count). The predicted molar refractivity (Wildman–Crippen MR) is 184 cm³/mol. The molecule has 4 amide bonds. The molecule has 6 aliphatic heterocycles. The number of likely N-dealkylation sites (tertiary alicyclic amines) is 1. The maximum atomic E-state index is 14.1. The Hall–Kier alpha value is -3.06. The summed E-state index contributed by atoms with van der Waals surface area (Å²) in [5.41, 5.74) is 9.60. The number of carbonyl (C=O) groups excluding carboxylic acids is 3. The van der Waals surface area contributed by atoms with Gasteiger partial charge >= 0.3 is 12.1 Å². The number of carbonyl (C=O) groups is 3. The van der Waals surface area contributed by atoms with Crippen molar-refractivity contribution in [3.05, 3.63) is 45.3 Å². The zero-order valence-electron chi connectivity index (χ0n) is 27.2. The number of thiophene rings is 1. The molecule has 13 heteroatoms. The zero-order chi connectivity index (χ0) is 32.7. The van der Waals surface area contributed by atoms with E-state index in [0.717, 1.165) is 47.2 Å². The van der Waals surface area contributed by atoms with Gasteiger partial charge in [0.05, 0.1) is 17.3 Å². The molecule has 2 bridgehead atoms. The van der Waals surface area contributed by atoms with Gasteiger partial charge in [-0.05, 0) is 79.8 Å². The highest BCUT2D eigenvalue weighted by Crippen LogP contribution is 2.33. The summed E-state index contributed by atoms with van der Waals surface area (Å²) in [6.45, 7) is 9.96. The van der Waals surface area contributed by atoms with Gasteiger partial charge in [0.15, 0.2) is 6.10 Å². The minimum atomic E-state index is -0.974. The van der Waals surface area contributed by atoms with Crippen LogP contribution in [0, 0.1) is 5.92 Å². The number of piperidine rings is 4. The molecule has 254 valence electrons. The smallest absolute Gasteiger partial charge is 0.410 e. The van der Waals surface area contributed by atoms with Gasteiger partial charge in [-0.2, -0.15) is 0 Å². The van der Waals surface area contributed by atoms with Crippen LogP contribution in [0.5, 0.6) is 0 Å². The van der Waals surface area contributed by atoms with E-state index in [0.29, 0.717) is 68.7 Å². The van der Waals surface area contributed by atoms with Gasteiger partial charge in [0.1, 0.15) is 5.00 Å². The molecule has 0 spiro atoms. The summed E-state index contributed by atoms with van der Waals surface area (Å²) < 4.78 is 6.08. The standard InChI is InChI=1S/C34H46ClN7O4S/c1-2-23-17-22(18-27(35)30(23)36)19-29(32(43)40-14-12-39(13-15-40)28-21-38-8-3-24(28)4-9-38)46-34(45)41-10-5-26(6-11-41)42-20-25-7-16-47-31(25)37-33(42)44/h7,16-18,24,26,28-29H,2-6,8-15,19-21,36H2,1H3,(H,37,44)/t28?,29-/m1/s1. The zero-order valence-corrected chi connectivity index (χ0v) is 28.7. The monoisotopic (exact) mass is 683 g/mol. The predicted octanol–water partition coefficient (Wildman–Crippen LogP) is 4.34. The Morgan fingerprint density at radius 1 is 1.04 bits per heavy atom. The fraction of sp³-hybridized carbons (Fsp3) is 0.618. The van der Waals surface area contributed by atoms with Crippen LogP contribution in [0.1, 0.15) is 49.3 Å². The second kappa shape index (κ2) is 13.8. The van der Waals surface area contributed by atoms with Crippen LogP contribution in [0.15, 0.2) is 23.6 Å². The van der Waals surface area contributed by atoms with Gasteiger partial charge in [-0.15, -0.1) is 11.3 Å². The van der Waals surface area contributed by atoms with Gasteiger partial charge in [0, 0.05) is 69.9 Å². The van der Waals surface area contributed by atoms with E-state index in [1.165, 1.54) is 37.3 Å². The number of ether oxygens (including phenoxy) is 1. The molecule has 6 aliphatic rings. The van der Waals surface area contributed by atoms with Crippen molar-refractivity contribution in [1.29, 1.82) is 0 Å². The molecule has 0 aliphatic carbocycles. The summed E-state index contributed by atoms with van der Waals surface area (Å²) in [4.78, 5) is 51.1. The van der Waals surface area contributed by atoms with Gasteiger partial charge in [-0.25, -0.2) is 9.59 Å². The minimum absolute atomic E-state index is 0.0291. The molecular formula is C34H46ClN7O4S. The Morgan fingerprint density at radius 3 is 2.47 bits per heavy atom. The molecule has 2 aromatic rings. The van der Waals surface area contributed by atoms with Crippen molar-refractivity contribution in [2.24, 2.45) is 5.92 Å². The SMILES string of the molecule is CCc1cc(C[C@@H](OC(=O)N2CCC(N3Cc4ccsc4NC3=O)CC2)C(=O)N2CCN(C3CN4CCC3CC4)CC2)cc(Cl)c1N. The van der Waals surface area contributed by atoms with E-state index < -0.39 is 12.2 Å². The van der Waals surface area contributed by atoms with Gasteiger partial charge < -0.3 is 30.1 Å². The van der Waals surface area contributed by atoms with E-state index in [1.54, 1.807) is 11.0 Å². The highest BCUT2D eigenvalue weighted by molar-refractivity contribution is 7.14. The molecule has 11 nitrogen and oxygen atoms in total. The van der Waals surface area contributed by atoms with Gasteiger partial charge in [0.25, 0.3) is 5.91 Å². The second-order valence-corrected chi connectivity index (χ2v) is 15.0. The number of anilines is 2. The minimum Gasteiger partial charge on any atom is -0.436 e. The number of rotatable bonds is 7. The van der Waals surface area contributed by atoms with Gasteiger partial charge in [0.2, 0.25) is 0 Å². The van der Waals surface area contributed by atoms with Crippen LogP contribution in [0.2, 0.25) is 5.02 Å². The number of piperazine rings is 1. The Kier molecular flexibility index (Phi) is 9.55. The van der Waals surface area contributed by atoms with Crippen LogP contribution in [-0.4, -0.2) is 120 Å². The molecule has 2 atom stereocenters. The van der Waals surface area contributed by atoms with Crippen molar-refractivity contribution < 1.29 is 19.1 Å². The lowest BCUT2D eigenvalue weighted by Gasteiger charge is -2.51. The molecule has 5 saturated heterocycles. The number of hydrogen-bond acceptors (Lipinski definition) is 8. The Labute approximate surface area is 285 Å². The normalized spacial score (nSPS) is 25.8. The van der Waals surface area contributed by atoms with E-state index in [2.05, 4.69) is 15.1 Å². The number of urea groups is 1. The molecule has 1 aromatic carbocycles. The number of nitrogens with one attached hydrogen (secondary N) is 1. The van der Waals surface area contributed by atoms with Crippen molar-refractivity contribution in [3.8, 4) is 0 Å². The fourth-order valence-electron chi connectivity index (χ4n) is 8.21. The summed E-state index contributed by atoms with van der Waals surface area (Å²) in [5, 5.41) is 6.34. The van der Waals surface area contributed by atoms with E-state index in [9.17, 15) is 14.4 Å². The van der Waals surface area contributed by atoms with Crippen LogP contribution >= 0.6 is 22.9 Å². The molecule has 47 heavy (non-hydrogen) atoms. The number of nitrogen functional groups attached to an aromatic ring is 1. The number of hydrogen-bond donors (Lipinski definition) is 2. The summed E-state index contributed by atoms with van der Waals surface area (Å²) in [7, 11) is 0. The van der Waals surface area contributed by atoms with E-state index in [4.69, 9.17) is 22.1 Å². The maximum Gasteiger partial charge on any atom is 0.410 e. The molecular weight excluding hydrogens is 638 g/mol. The average molecular weight is 684 g/mol. The molecule has 5 fully saturated rings. The van der Waals surface area contributed by atoms with Crippen LogP contribution in [0.3, 0.4) is 0 Å². The number of aryl methyl sites for hydroxylation is 1. The molecule has 3 N–H and O–H groups in total. The lowest BCUT2D eigenvalue weighted by Crippen LogP contribution is -2.62. The van der Waals surface area contributed by atoms with Crippen molar-refractivity contribution in [3.63, 3.8) is 0 Å². The third-order valence-electron chi connectivity index (χ3n) is 11.0. The highest BCUT2D eigenvalue weighted by atomic mass is 35.5. The topological polar surface area (TPSA) is 115 Å². The molecule has 0 saturated carbocycles. The number of nitrogens with zero attached hydrogens (tertiary/aromatic N) is 5. The number of benzene rings is 1. The first-order chi connectivity index (χ1) is 22.8. The maximum absolute atomic E-state index is 14.1. The largest absolute Gasteiger partial charge is 0.436 e. The van der Waals surface area contributed by atoms with E-state index in [-0.39, 0.29) is 24.4 Å². The first kappa shape index (κ1) is 32.5. The average Bonchev–Trinajstić information content (AvgIpc) is 3.56. The first-order valence-electron chi connectivity index (χ1n) is 17.2. The Morgan fingerprint density at radius 2 is 1.79 bits per heavy atom. The van der Waals surface area contributed by atoms with Crippen LogP contribution in [-0.2, 0) is 28.9 Å². The van der Waals surface area contributed by atoms with Crippen LogP contribution < -0.4 is 11.1 Å². The second-order valence-electron chi connectivity index (χ2n) is 13.7. The summed E-state index contributed by atoms with van der Waals surface area (Å²) in [6.07, 6.45) is 3.30. The lowest BCUT2D eigenvalue weighted by molar-refractivity contribution is -0.143. The van der Waals surface area contributed by atoms with Gasteiger partial charge in [-0.1, -0.05) is 24.6 Å². The number of nitrogens with two attached hydrogens (primary N) is 1. The van der Waals surface area contributed by atoms with Gasteiger partial charge in [-0.3, -0.25) is 15.0 Å². The lowest BCUT2D eigenvalue weighted by atomic mass is 9.83. The third kappa shape index (κ3) is 6.79. The summed E-state index contributed by atoms with van der Waals surface area (Å²) in [5.74, 6) is 0.588. The number of fused-ring (bicyclic) bond motifs is 4. The Balaban J connectivity index is 1.00. The molecule has 0 radical (unpaired) electrons. The molecule has 1 aromatic heterocycles. The molecule has 1 unspecified atom stereocenters. The number of halogens is 1.